The summed E-state index contributed by atoms with van der Waals surface area (Å²) < 4.78 is 4.96. The van der Waals surface area contributed by atoms with Crippen molar-refractivity contribution in [2.75, 3.05) is 20.3 Å². The summed E-state index contributed by atoms with van der Waals surface area (Å²) in [5, 5.41) is 5.42. The van der Waals surface area contributed by atoms with Gasteiger partial charge < -0.3 is 10.1 Å². The van der Waals surface area contributed by atoms with Gasteiger partial charge in [0.25, 0.3) is 0 Å². The second-order valence-corrected chi connectivity index (χ2v) is 4.85. The van der Waals surface area contributed by atoms with E-state index in [4.69, 9.17) is 10.6 Å². The van der Waals surface area contributed by atoms with Crippen LogP contribution in [0.2, 0.25) is 0 Å². The quantitative estimate of drug-likeness (QED) is 0.232. The fraction of sp³-hybridized carbons (Fsp3) is 0.583. The highest BCUT2D eigenvalue weighted by molar-refractivity contribution is 7.10. The van der Waals surface area contributed by atoms with Gasteiger partial charge in [-0.05, 0) is 17.9 Å². The first kappa shape index (κ1) is 14.9. The molecule has 0 radical (unpaired) electrons. The van der Waals surface area contributed by atoms with E-state index in [9.17, 15) is 0 Å². The zero-order valence-electron chi connectivity index (χ0n) is 11.0. The highest BCUT2D eigenvalue weighted by Crippen LogP contribution is 2.22. The molecule has 6 heteroatoms. The van der Waals surface area contributed by atoms with Crippen LogP contribution >= 0.6 is 11.3 Å². The molecule has 0 bridgehead atoms. The summed E-state index contributed by atoms with van der Waals surface area (Å²) in [5.74, 6) is 6.08. The average Bonchev–Trinajstić information content (AvgIpc) is 2.90. The third kappa shape index (κ3) is 5.03. The molecular weight excluding hydrogens is 248 g/mol. The molecule has 1 atom stereocenters. The highest BCUT2D eigenvalue weighted by atomic mass is 32.1. The molecular formula is C12H22N4OS. The molecule has 0 aliphatic rings. The first-order valence-electron chi connectivity index (χ1n) is 6.11. The lowest BCUT2D eigenvalue weighted by atomic mass is 10.1. The molecule has 0 amide bonds. The Morgan fingerprint density at radius 3 is 3.00 bits per heavy atom. The number of aliphatic imine (C=N–C) groups is 1. The first-order valence-corrected chi connectivity index (χ1v) is 6.99. The Bertz CT molecular complexity index is 340. The van der Waals surface area contributed by atoms with Crippen LogP contribution in [0, 0.1) is 0 Å². The van der Waals surface area contributed by atoms with Crippen molar-refractivity contribution >= 4 is 17.3 Å². The SMILES string of the molecule is CCCC(NC(=NCCOC)NN)c1cccs1. The van der Waals surface area contributed by atoms with Gasteiger partial charge in [0, 0.05) is 12.0 Å². The molecule has 5 nitrogen and oxygen atoms in total. The smallest absolute Gasteiger partial charge is 0.206 e. The lowest BCUT2D eigenvalue weighted by Gasteiger charge is -2.19. The maximum atomic E-state index is 5.47. The monoisotopic (exact) mass is 270 g/mol. The number of nitrogens with one attached hydrogen (secondary N) is 2. The number of methoxy groups -OCH3 is 1. The summed E-state index contributed by atoms with van der Waals surface area (Å²) in [4.78, 5) is 5.61. The summed E-state index contributed by atoms with van der Waals surface area (Å²) >= 11 is 1.74. The fourth-order valence-electron chi connectivity index (χ4n) is 1.61. The van der Waals surface area contributed by atoms with Crippen molar-refractivity contribution in [1.29, 1.82) is 0 Å². The Morgan fingerprint density at radius 2 is 2.44 bits per heavy atom. The minimum absolute atomic E-state index is 0.257. The summed E-state index contributed by atoms with van der Waals surface area (Å²) in [7, 11) is 1.66. The second kappa shape index (κ2) is 8.91. The van der Waals surface area contributed by atoms with Crippen LogP contribution in [0.4, 0.5) is 0 Å². The van der Waals surface area contributed by atoms with Gasteiger partial charge in [0.2, 0.25) is 5.96 Å². The maximum absolute atomic E-state index is 5.47. The number of hydrogen-bond acceptors (Lipinski definition) is 4. The van der Waals surface area contributed by atoms with Crippen molar-refractivity contribution in [2.45, 2.75) is 25.8 Å². The topological polar surface area (TPSA) is 71.7 Å². The molecule has 0 fully saturated rings. The van der Waals surface area contributed by atoms with E-state index < -0.39 is 0 Å². The van der Waals surface area contributed by atoms with Crippen LogP contribution in [0.1, 0.15) is 30.7 Å². The molecule has 0 aliphatic carbocycles. The number of hydrogen-bond donors (Lipinski definition) is 3. The zero-order valence-corrected chi connectivity index (χ0v) is 11.8. The Hall–Kier alpha value is -1.11. The minimum Gasteiger partial charge on any atom is -0.383 e. The second-order valence-electron chi connectivity index (χ2n) is 3.87. The lowest BCUT2D eigenvalue weighted by molar-refractivity contribution is 0.208. The molecule has 0 aliphatic heterocycles. The highest BCUT2D eigenvalue weighted by Gasteiger charge is 2.12. The van der Waals surface area contributed by atoms with E-state index in [2.05, 4.69) is 40.2 Å². The molecule has 0 saturated carbocycles. The van der Waals surface area contributed by atoms with E-state index in [1.165, 1.54) is 4.88 Å². The van der Waals surface area contributed by atoms with Crippen LogP contribution in [0.3, 0.4) is 0 Å². The molecule has 1 aromatic heterocycles. The van der Waals surface area contributed by atoms with Gasteiger partial charge in [-0.25, -0.2) is 10.8 Å². The Balaban J connectivity index is 2.60. The van der Waals surface area contributed by atoms with Crippen molar-refractivity contribution in [2.24, 2.45) is 10.8 Å². The van der Waals surface area contributed by atoms with Gasteiger partial charge in [0.1, 0.15) is 0 Å². The van der Waals surface area contributed by atoms with Gasteiger partial charge >= 0.3 is 0 Å². The molecule has 0 spiro atoms. The van der Waals surface area contributed by atoms with Crippen molar-refractivity contribution in [1.82, 2.24) is 10.7 Å². The summed E-state index contributed by atoms with van der Waals surface area (Å²) in [5.41, 5.74) is 2.60. The van der Waals surface area contributed by atoms with Gasteiger partial charge in [-0.1, -0.05) is 19.4 Å². The van der Waals surface area contributed by atoms with E-state index >= 15 is 0 Å². The molecule has 1 aromatic rings. The molecule has 1 unspecified atom stereocenters. The Morgan fingerprint density at radius 1 is 1.61 bits per heavy atom. The van der Waals surface area contributed by atoms with E-state index in [-0.39, 0.29) is 6.04 Å². The normalized spacial score (nSPS) is 13.4. The number of nitrogens with zero attached hydrogens (tertiary/aromatic N) is 1. The van der Waals surface area contributed by atoms with Crippen LogP contribution in [-0.4, -0.2) is 26.2 Å². The average molecular weight is 270 g/mol. The maximum Gasteiger partial charge on any atom is 0.206 e. The van der Waals surface area contributed by atoms with E-state index in [1.807, 2.05) is 0 Å². The van der Waals surface area contributed by atoms with E-state index in [1.54, 1.807) is 18.4 Å². The number of thiophene rings is 1. The van der Waals surface area contributed by atoms with Crippen LogP contribution in [-0.2, 0) is 4.74 Å². The van der Waals surface area contributed by atoms with E-state index in [0.29, 0.717) is 19.1 Å². The summed E-state index contributed by atoms with van der Waals surface area (Å²) in [6.45, 7) is 3.34. The van der Waals surface area contributed by atoms with Gasteiger partial charge in [-0.2, -0.15) is 0 Å². The van der Waals surface area contributed by atoms with Gasteiger partial charge in [0.05, 0.1) is 19.2 Å². The van der Waals surface area contributed by atoms with Crippen molar-refractivity contribution < 1.29 is 4.74 Å². The largest absolute Gasteiger partial charge is 0.383 e. The lowest BCUT2D eigenvalue weighted by Crippen LogP contribution is -2.43. The number of hydrazine groups is 1. The first-order chi connectivity index (χ1) is 8.81. The standard InChI is InChI=1S/C12H22N4OS/c1-3-5-10(11-6-4-9-18-11)15-12(16-13)14-7-8-17-2/h4,6,9-10H,3,5,7-8,13H2,1-2H3,(H2,14,15,16). The zero-order chi connectivity index (χ0) is 13.2. The molecule has 4 N–H and O–H groups in total. The summed E-state index contributed by atoms with van der Waals surface area (Å²) in [6.07, 6.45) is 2.15. The van der Waals surface area contributed by atoms with Crippen LogP contribution in [0.25, 0.3) is 0 Å². The Kier molecular flexibility index (Phi) is 7.40. The van der Waals surface area contributed by atoms with Crippen molar-refractivity contribution in [3.63, 3.8) is 0 Å². The molecule has 0 saturated heterocycles. The Labute approximate surface area is 112 Å². The fourth-order valence-corrected chi connectivity index (χ4v) is 2.42. The number of guanidine groups is 1. The van der Waals surface area contributed by atoms with Crippen molar-refractivity contribution in [3.8, 4) is 0 Å². The van der Waals surface area contributed by atoms with Gasteiger partial charge in [0.15, 0.2) is 0 Å². The third-order valence-corrected chi connectivity index (χ3v) is 3.46. The number of nitrogens with two attached hydrogens (primary N) is 1. The van der Waals surface area contributed by atoms with Crippen molar-refractivity contribution in [3.05, 3.63) is 22.4 Å². The molecule has 0 aromatic carbocycles. The minimum atomic E-state index is 0.257. The number of rotatable bonds is 7. The third-order valence-electron chi connectivity index (χ3n) is 2.48. The predicted octanol–water partition coefficient (Wildman–Crippen LogP) is 1.64. The predicted molar refractivity (Wildman–Crippen MR) is 76.6 cm³/mol. The molecule has 1 heterocycles. The van der Waals surface area contributed by atoms with Crippen LogP contribution in [0.15, 0.2) is 22.5 Å². The molecule has 102 valence electrons. The van der Waals surface area contributed by atoms with Crippen LogP contribution in [0.5, 0.6) is 0 Å². The molecule has 1 rings (SSSR count). The molecule has 18 heavy (non-hydrogen) atoms. The van der Waals surface area contributed by atoms with Gasteiger partial charge in [-0.15, -0.1) is 11.3 Å². The van der Waals surface area contributed by atoms with Crippen LogP contribution < -0.4 is 16.6 Å². The summed E-state index contributed by atoms with van der Waals surface area (Å²) in [6, 6.07) is 4.44. The number of ether oxygens (including phenoxy) is 1. The van der Waals surface area contributed by atoms with Gasteiger partial charge in [-0.3, -0.25) is 5.43 Å². The van der Waals surface area contributed by atoms with E-state index in [0.717, 1.165) is 12.8 Å².